The number of carbonyl (C=O) groups is 1. The van der Waals surface area contributed by atoms with Crippen LogP contribution in [0, 0.1) is 0 Å². The van der Waals surface area contributed by atoms with E-state index in [-0.39, 0.29) is 12.6 Å². The zero-order valence-electron chi connectivity index (χ0n) is 10.1. The van der Waals surface area contributed by atoms with Crippen LogP contribution in [0.15, 0.2) is 23.1 Å². The van der Waals surface area contributed by atoms with E-state index >= 15 is 0 Å². The summed E-state index contributed by atoms with van der Waals surface area (Å²) in [5.41, 5.74) is 2.37. The van der Waals surface area contributed by atoms with Gasteiger partial charge in [-0.3, -0.25) is 4.79 Å². The quantitative estimate of drug-likeness (QED) is 0.896. The summed E-state index contributed by atoms with van der Waals surface area (Å²) in [6.07, 6.45) is 1.02. The molecule has 0 bridgehead atoms. The maximum absolute atomic E-state index is 10.9. The highest BCUT2D eigenvalue weighted by Crippen LogP contribution is 2.37. The number of hydrogen-bond acceptors (Lipinski definition) is 3. The fraction of sp³-hybridized carbons (Fsp3) is 0.462. The van der Waals surface area contributed by atoms with Crippen molar-refractivity contribution in [3.8, 4) is 0 Å². The molecule has 0 saturated carbocycles. The van der Waals surface area contributed by atoms with Crippen LogP contribution in [0.3, 0.4) is 0 Å². The third-order valence-electron chi connectivity index (χ3n) is 3.06. The summed E-state index contributed by atoms with van der Waals surface area (Å²) in [4.78, 5) is 14.1. The van der Waals surface area contributed by atoms with E-state index in [0.717, 1.165) is 17.9 Å². The summed E-state index contributed by atoms with van der Waals surface area (Å²) in [5, 5.41) is 8.96. The van der Waals surface area contributed by atoms with Gasteiger partial charge in [-0.2, -0.15) is 0 Å². The number of benzene rings is 1. The number of aliphatic carboxylic acids is 1. The summed E-state index contributed by atoms with van der Waals surface area (Å²) in [6.45, 7) is 4.29. The smallest absolute Gasteiger partial charge is 0.323 e. The fourth-order valence-corrected chi connectivity index (χ4v) is 3.22. The highest BCUT2D eigenvalue weighted by Gasteiger charge is 2.25. The van der Waals surface area contributed by atoms with E-state index in [1.165, 1.54) is 10.5 Å². The van der Waals surface area contributed by atoms with Crippen LogP contribution in [0.25, 0.3) is 0 Å². The minimum absolute atomic E-state index is 0.0835. The van der Waals surface area contributed by atoms with Crippen molar-refractivity contribution in [2.75, 3.05) is 17.2 Å². The van der Waals surface area contributed by atoms with Crippen molar-refractivity contribution in [1.82, 2.24) is 0 Å². The van der Waals surface area contributed by atoms with Crippen molar-refractivity contribution in [2.24, 2.45) is 0 Å². The molecule has 0 saturated heterocycles. The Morgan fingerprint density at radius 3 is 3.00 bits per heavy atom. The fourth-order valence-electron chi connectivity index (χ4n) is 2.06. The van der Waals surface area contributed by atoms with Crippen molar-refractivity contribution >= 4 is 23.4 Å². The first kappa shape index (κ1) is 12.3. The number of nitrogens with zero attached hydrogens (tertiary/aromatic N) is 1. The Kier molecular flexibility index (Phi) is 3.62. The molecule has 0 amide bonds. The molecule has 1 aliphatic rings. The summed E-state index contributed by atoms with van der Waals surface area (Å²) in [6, 6.07) is 6.60. The molecule has 0 spiro atoms. The number of thioether (sulfide) groups is 1. The van der Waals surface area contributed by atoms with Crippen LogP contribution in [0.2, 0.25) is 0 Å². The Morgan fingerprint density at radius 2 is 2.35 bits per heavy atom. The Bertz CT molecular complexity index is 433. The Hall–Kier alpha value is -1.16. The lowest BCUT2D eigenvalue weighted by Crippen LogP contribution is -2.41. The molecule has 1 aromatic rings. The van der Waals surface area contributed by atoms with Gasteiger partial charge in [0.15, 0.2) is 0 Å². The monoisotopic (exact) mass is 251 g/mol. The zero-order valence-corrected chi connectivity index (χ0v) is 11.0. The maximum atomic E-state index is 10.9. The average molecular weight is 251 g/mol. The lowest BCUT2D eigenvalue weighted by molar-refractivity contribution is -0.135. The molecule has 0 aromatic heterocycles. The number of aryl methyl sites for hydroxylation is 1. The van der Waals surface area contributed by atoms with Gasteiger partial charge in [0, 0.05) is 16.7 Å². The van der Waals surface area contributed by atoms with Crippen molar-refractivity contribution in [3.63, 3.8) is 0 Å². The first-order valence-corrected chi connectivity index (χ1v) is 6.84. The number of carboxylic acid groups (broad SMARTS) is 1. The van der Waals surface area contributed by atoms with E-state index in [4.69, 9.17) is 5.11 Å². The molecule has 92 valence electrons. The first-order valence-electron chi connectivity index (χ1n) is 5.86. The molecule has 3 nitrogen and oxygen atoms in total. The van der Waals surface area contributed by atoms with Gasteiger partial charge in [0.25, 0.3) is 0 Å². The third-order valence-corrected chi connectivity index (χ3v) is 4.35. The van der Waals surface area contributed by atoms with E-state index in [1.807, 2.05) is 16.7 Å². The molecule has 1 atom stereocenters. The Morgan fingerprint density at radius 1 is 1.59 bits per heavy atom. The van der Waals surface area contributed by atoms with E-state index in [0.29, 0.717) is 0 Å². The van der Waals surface area contributed by atoms with Crippen LogP contribution in [-0.4, -0.2) is 29.4 Å². The van der Waals surface area contributed by atoms with E-state index < -0.39 is 5.97 Å². The summed E-state index contributed by atoms with van der Waals surface area (Å²) < 4.78 is 0. The number of anilines is 1. The van der Waals surface area contributed by atoms with Crippen LogP contribution >= 0.6 is 11.8 Å². The average Bonchev–Trinajstić information content (AvgIpc) is 2.32. The van der Waals surface area contributed by atoms with Crippen molar-refractivity contribution in [1.29, 1.82) is 0 Å². The number of fused-ring (bicyclic) bond motifs is 1. The summed E-state index contributed by atoms with van der Waals surface area (Å²) in [7, 11) is 0. The Labute approximate surface area is 106 Å². The standard InChI is InChI=1S/C13H17NO2S/c1-3-10-4-5-11-12(6-10)17-8-9(2)14(11)7-13(15)16/h4-6,9H,3,7-8H2,1-2H3,(H,15,16). The van der Waals surface area contributed by atoms with Gasteiger partial charge in [-0.1, -0.05) is 13.0 Å². The van der Waals surface area contributed by atoms with Gasteiger partial charge in [-0.25, -0.2) is 0 Å². The van der Waals surface area contributed by atoms with Crippen molar-refractivity contribution < 1.29 is 9.90 Å². The zero-order chi connectivity index (χ0) is 12.4. The lowest BCUT2D eigenvalue weighted by Gasteiger charge is -2.35. The van der Waals surface area contributed by atoms with Crippen LogP contribution in [0.5, 0.6) is 0 Å². The minimum atomic E-state index is -0.769. The van der Waals surface area contributed by atoms with Crippen LogP contribution in [-0.2, 0) is 11.2 Å². The summed E-state index contributed by atoms with van der Waals surface area (Å²) in [5.74, 6) is 0.183. The highest BCUT2D eigenvalue weighted by molar-refractivity contribution is 7.99. The van der Waals surface area contributed by atoms with Gasteiger partial charge in [-0.15, -0.1) is 11.8 Å². The van der Waals surface area contributed by atoms with Crippen LogP contribution in [0.1, 0.15) is 19.4 Å². The molecule has 17 heavy (non-hydrogen) atoms. The van der Waals surface area contributed by atoms with Crippen LogP contribution < -0.4 is 4.90 Å². The predicted molar refractivity (Wildman–Crippen MR) is 71.0 cm³/mol. The van der Waals surface area contributed by atoms with Gasteiger partial charge in [-0.05, 0) is 31.0 Å². The molecule has 0 aliphatic carbocycles. The number of rotatable bonds is 3. The predicted octanol–water partition coefficient (Wildman–Crippen LogP) is 2.63. The van der Waals surface area contributed by atoms with Gasteiger partial charge in [0.2, 0.25) is 0 Å². The molecule has 4 heteroatoms. The normalized spacial score (nSPS) is 18.9. The molecular formula is C13H17NO2S. The second kappa shape index (κ2) is 5.00. The van der Waals surface area contributed by atoms with Crippen molar-refractivity contribution in [2.45, 2.75) is 31.2 Å². The molecule has 1 heterocycles. The molecular weight excluding hydrogens is 234 g/mol. The molecule has 0 radical (unpaired) electrons. The van der Waals surface area contributed by atoms with Gasteiger partial charge in [0.05, 0.1) is 5.69 Å². The van der Waals surface area contributed by atoms with Crippen LogP contribution in [0.4, 0.5) is 5.69 Å². The third kappa shape index (κ3) is 2.57. The van der Waals surface area contributed by atoms with Gasteiger partial charge >= 0.3 is 5.97 Å². The highest BCUT2D eigenvalue weighted by atomic mass is 32.2. The maximum Gasteiger partial charge on any atom is 0.323 e. The SMILES string of the molecule is CCc1ccc2c(c1)SCC(C)N2CC(=O)O. The van der Waals surface area contributed by atoms with E-state index in [1.54, 1.807) is 0 Å². The lowest BCUT2D eigenvalue weighted by atomic mass is 10.1. The van der Waals surface area contributed by atoms with Crippen molar-refractivity contribution in [3.05, 3.63) is 23.8 Å². The molecule has 1 N–H and O–H groups in total. The summed E-state index contributed by atoms with van der Waals surface area (Å²) >= 11 is 1.82. The molecule has 2 rings (SSSR count). The van der Waals surface area contributed by atoms with E-state index in [9.17, 15) is 4.79 Å². The molecule has 1 unspecified atom stereocenters. The molecule has 0 fully saturated rings. The van der Waals surface area contributed by atoms with E-state index in [2.05, 4.69) is 32.0 Å². The molecule has 1 aromatic carbocycles. The number of hydrogen-bond donors (Lipinski definition) is 1. The van der Waals surface area contributed by atoms with Gasteiger partial charge < -0.3 is 10.0 Å². The van der Waals surface area contributed by atoms with Gasteiger partial charge in [0.1, 0.15) is 6.54 Å². The topological polar surface area (TPSA) is 40.5 Å². The minimum Gasteiger partial charge on any atom is -0.480 e. The second-order valence-corrected chi connectivity index (χ2v) is 5.40. The largest absolute Gasteiger partial charge is 0.480 e. The Balaban J connectivity index is 2.34. The first-order chi connectivity index (χ1) is 8.11. The second-order valence-electron chi connectivity index (χ2n) is 4.34. The number of carboxylic acids is 1. The molecule has 1 aliphatic heterocycles.